The van der Waals surface area contributed by atoms with Crippen LogP contribution in [-0.4, -0.2) is 26.6 Å². The molecule has 2 unspecified atom stereocenters. The lowest BCUT2D eigenvalue weighted by molar-refractivity contribution is -0.122. The van der Waals surface area contributed by atoms with Crippen LogP contribution in [0.3, 0.4) is 0 Å². The lowest BCUT2D eigenvalue weighted by Gasteiger charge is -2.30. The molecule has 0 aliphatic carbocycles. The molecule has 0 bridgehead atoms. The predicted octanol–water partition coefficient (Wildman–Crippen LogP) is 3.73. The van der Waals surface area contributed by atoms with Crippen molar-refractivity contribution >= 4 is 21.6 Å². The number of amides is 1. The molecule has 2 aromatic rings. The molecule has 1 N–H and O–H groups in total. The van der Waals surface area contributed by atoms with E-state index in [1.54, 1.807) is 19.1 Å². The highest BCUT2D eigenvalue weighted by atomic mass is 32.2. The summed E-state index contributed by atoms with van der Waals surface area (Å²) in [5.74, 6) is -0.326. The van der Waals surface area contributed by atoms with Crippen molar-refractivity contribution in [3.05, 3.63) is 65.2 Å². The van der Waals surface area contributed by atoms with Crippen molar-refractivity contribution in [3.8, 4) is 0 Å². The quantitative estimate of drug-likeness (QED) is 0.786. The zero-order chi connectivity index (χ0) is 20.2. The minimum absolute atomic E-state index is 0.167. The molecule has 27 heavy (non-hydrogen) atoms. The second kappa shape index (κ2) is 8.57. The van der Waals surface area contributed by atoms with E-state index in [0.717, 1.165) is 22.9 Å². The number of sulfonamides is 1. The summed E-state index contributed by atoms with van der Waals surface area (Å²) in [6.07, 6.45) is 1.83. The molecular formula is C21H28N2O3S. The Balaban J connectivity index is 2.26. The maximum atomic E-state index is 12.9. The molecule has 0 saturated carbocycles. The van der Waals surface area contributed by atoms with Crippen LogP contribution in [0.15, 0.2) is 48.5 Å². The Morgan fingerprint density at radius 3 is 1.93 bits per heavy atom. The number of benzene rings is 2. The summed E-state index contributed by atoms with van der Waals surface area (Å²) < 4.78 is 25.9. The first-order valence-electron chi connectivity index (χ1n) is 9.06. The van der Waals surface area contributed by atoms with E-state index in [1.165, 1.54) is 4.31 Å². The molecule has 0 fully saturated rings. The number of carbonyl (C=O) groups is 1. The van der Waals surface area contributed by atoms with Crippen LogP contribution < -0.4 is 9.62 Å². The summed E-state index contributed by atoms with van der Waals surface area (Å²) in [5.41, 5.74) is 3.66. The Morgan fingerprint density at radius 2 is 1.48 bits per heavy atom. The number of carbonyl (C=O) groups excluding carboxylic acids is 1. The molecule has 2 aromatic carbocycles. The smallest absolute Gasteiger partial charge is 0.244 e. The fourth-order valence-corrected chi connectivity index (χ4v) is 4.19. The molecule has 0 radical (unpaired) electrons. The molecule has 1 amide bonds. The molecule has 0 aromatic heterocycles. The van der Waals surface area contributed by atoms with Gasteiger partial charge in [-0.3, -0.25) is 9.10 Å². The van der Waals surface area contributed by atoms with Crippen molar-refractivity contribution in [2.24, 2.45) is 0 Å². The van der Waals surface area contributed by atoms with Gasteiger partial charge >= 0.3 is 0 Å². The Morgan fingerprint density at radius 1 is 1.00 bits per heavy atom. The fourth-order valence-electron chi connectivity index (χ4n) is 3.01. The Labute approximate surface area is 162 Å². The minimum atomic E-state index is -3.62. The van der Waals surface area contributed by atoms with E-state index in [-0.39, 0.29) is 11.9 Å². The number of nitrogens with zero attached hydrogens (tertiary/aromatic N) is 1. The van der Waals surface area contributed by atoms with E-state index in [2.05, 4.69) is 5.32 Å². The van der Waals surface area contributed by atoms with E-state index in [4.69, 9.17) is 0 Å². The summed E-state index contributed by atoms with van der Waals surface area (Å²) in [5, 5.41) is 2.99. The third-order valence-electron chi connectivity index (χ3n) is 4.58. The SMILES string of the molecule is CCC(NC(=O)C(C)N(c1ccc(C)cc1)S(C)(=O)=O)c1ccc(C)cc1. The van der Waals surface area contributed by atoms with E-state index >= 15 is 0 Å². The third-order valence-corrected chi connectivity index (χ3v) is 5.82. The average Bonchev–Trinajstić information content (AvgIpc) is 2.61. The zero-order valence-corrected chi connectivity index (χ0v) is 17.4. The second-order valence-electron chi connectivity index (χ2n) is 6.95. The standard InChI is InChI=1S/C21H28N2O3S/c1-6-20(18-11-7-15(2)8-12-18)22-21(24)17(4)23(27(5,25)26)19-13-9-16(3)10-14-19/h7-14,17,20H,6H2,1-5H3,(H,22,24). The van der Waals surface area contributed by atoms with E-state index in [1.807, 2.05) is 57.2 Å². The van der Waals surface area contributed by atoms with Crippen LogP contribution in [0.1, 0.15) is 43.0 Å². The number of rotatable bonds is 7. The molecule has 146 valence electrons. The van der Waals surface area contributed by atoms with Gasteiger partial charge in [0, 0.05) is 0 Å². The second-order valence-corrected chi connectivity index (χ2v) is 8.81. The van der Waals surface area contributed by atoms with Crippen molar-refractivity contribution in [2.45, 2.75) is 46.2 Å². The van der Waals surface area contributed by atoms with Crippen LogP contribution in [0.5, 0.6) is 0 Å². The fraction of sp³-hybridized carbons (Fsp3) is 0.381. The van der Waals surface area contributed by atoms with E-state index in [0.29, 0.717) is 12.1 Å². The highest BCUT2D eigenvalue weighted by Crippen LogP contribution is 2.23. The predicted molar refractivity (Wildman–Crippen MR) is 110 cm³/mol. The van der Waals surface area contributed by atoms with Gasteiger partial charge in [-0.1, -0.05) is 54.4 Å². The maximum Gasteiger partial charge on any atom is 0.244 e. The maximum absolute atomic E-state index is 12.9. The average molecular weight is 389 g/mol. The number of aryl methyl sites for hydroxylation is 2. The van der Waals surface area contributed by atoms with Gasteiger partial charge in [0.05, 0.1) is 18.0 Å². The Hall–Kier alpha value is -2.34. The van der Waals surface area contributed by atoms with Gasteiger partial charge in [0.2, 0.25) is 15.9 Å². The largest absolute Gasteiger partial charge is 0.347 e. The van der Waals surface area contributed by atoms with E-state index in [9.17, 15) is 13.2 Å². The van der Waals surface area contributed by atoms with E-state index < -0.39 is 16.1 Å². The number of hydrogen-bond donors (Lipinski definition) is 1. The van der Waals surface area contributed by atoms with Gasteiger partial charge in [-0.2, -0.15) is 0 Å². The van der Waals surface area contributed by atoms with Crippen LogP contribution in [-0.2, 0) is 14.8 Å². The molecule has 2 atom stereocenters. The Bertz CT molecular complexity index is 875. The number of hydrogen-bond acceptors (Lipinski definition) is 3. The van der Waals surface area contributed by atoms with Crippen LogP contribution in [0.4, 0.5) is 5.69 Å². The Kier molecular flexibility index (Phi) is 6.65. The summed E-state index contributed by atoms with van der Waals surface area (Å²) in [7, 11) is -3.62. The highest BCUT2D eigenvalue weighted by molar-refractivity contribution is 7.92. The normalized spacial score (nSPS) is 13.7. The van der Waals surface area contributed by atoms with Gasteiger partial charge < -0.3 is 5.32 Å². The molecule has 0 spiro atoms. The highest BCUT2D eigenvalue weighted by Gasteiger charge is 2.30. The number of nitrogens with one attached hydrogen (secondary N) is 1. The molecular weight excluding hydrogens is 360 g/mol. The van der Waals surface area contributed by atoms with Crippen LogP contribution >= 0.6 is 0 Å². The van der Waals surface area contributed by atoms with Gasteiger partial charge in [0.25, 0.3) is 0 Å². The molecule has 6 heteroatoms. The van der Waals surface area contributed by atoms with Gasteiger partial charge in [-0.15, -0.1) is 0 Å². The van der Waals surface area contributed by atoms with Crippen LogP contribution in [0.2, 0.25) is 0 Å². The van der Waals surface area contributed by atoms with Crippen LogP contribution in [0.25, 0.3) is 0 Å². The summed E-state index contributed by atoms with van der Waals surface area (Å²) in [4.78, 5) is 12.9. The molecule has 5 nitrogen and oxygen atoms in total. The summed E-state index contributed by atoms with van der Waals surface area (Å²) in [6, 6.07) is 14.1. The molecule has 0 aliphatic rings. The topological polar surface area (TPSA) is 66.5 Å². The first-order chi connectivity index (χ1) is 12.6. The van der Waals surface area contributed by atoms with Crippen molar-refractivity contribution in [1.29, 1.82) is 0 Å². The summed E-state index contributed by atoms with van der Waals surface area (Å²) >= 11 is 0. The summed E-state index contributed by atoms with van der Waals surface area (Å²) in [6.45, 7) is 7.54. The molecule has 0 saturated heterocycles. The van der Waals surface area contributed by atoms with Gasteiger partial charge in [0.1, 0.15) is 6.04 Å². The number of anilines is 1. The van der Waals surface area contributed by atoms with Gasteiger partial charge in [-0.05, 0) is 44.9 Å². The van der Waals surface area contributed by atoms with Crippen molar-refractivity contribution in [2.75, 3.05) is 10.6 Å². The minimum Gasteiger partial charge on any atom is -0.347 e. The van der Waals surface area contributed by atoms with Crippen molar-refractivity contribution in [1.82, 2.24) is 5.32 Å². The lowest BCUT2D eigenvalue weighted by atomic mass is 10.0. The zero-order valence-electron chi connectivity index (χ0n) is 16.6. The third kappa shape index (κ3) is 5.32. The van der Waals surface area contributed by atoms with Crippen molar-refractivity contribution in [3.63, 3.8) is 0 Å². The van der Waals surface area contributed by atoms with Gasteiger partial charge in [-0.25, -0.2) is 8.42 Å². The monoisotopic (exact) mass is 388 g/mol. The first kappa shape index (κ1) is 21.0. The first-order valence-corrected chi connectivity index (χ1v) is 10.9. The molecule has 0 aliphatic heterocycles. The molecule has 0 heterocycles. The van der Waals surface area contributed by atoms with Gasteiger partial charge in [0.15, 0.2) is 0 Å². The van der Waals surface area contributed by atoms with Crippen molar-refractivity contribution < 1.29 is 13.2 Å². The lowest BCUT2D eigenvalue weighted by Crippen LogP contribution is -2.48. The van der Waals surface area contributed by atoms with Crippen LogP contribution in [0, 0.1) is 13.8 Å². The molecule has 2 rings (SSSR count).